The molecule has 6 nitrogen and oxygen atoms in total. The zero-order valence-corrected chi connectivity index (χ0v) is 18.8. The molecule has 1 amide bonds. The second-order valence-electron chi connectivity index (χ2n) is 8.48. The maximum Gasteiger partial charge on any atom is 0.270 e. The number of carbonyl (C=O) groups is 1. The number of aryl methyl sites for hydroxylation is 1. The lowest BCUT2D eigenvalue weighted by Gasteiger charge is -2.28. The number of nitrogens with zero attached hydrogens (tertiary/aromatic N) is 3. The number of hydrogen-bond acceptors (Lipinski definition) is 5. The van der Waals surface area contributed by atoms with E-state index in [1.54, 1.807) is 16.0 Å². The molecule has 1 fully saturated rings. The first kappa shape index (κ1) is 20.8. The summed E-state index contributed by atoms with van der Waals surface area (Å²) < 4.78 is 2.90. The van der Waals surface area contributed by atoms with Crippen LogP contribution in [-0.4, -0.2) is 37.9 Å². The first-order chi connectivity index (χ1) is 15.6. The number of hydrogen-bond donors (Lipinski definition) is 2. The fraction of sp³-hybridized carbons (Fsp3) is 0.320. The van der Waals surface area contributed by atoms with E-state index in [9.17, 15) is 9.90 Å². The molecule has 0 bridgehead atoms. The van der Waals surface area contributed by atoms with Gasteiger partial charge in [-0.1, -0.05) is 37.1 Å². The Bertz CT molecular complexity index is 1240. The highest BCUT2D eigenvalue weighted by atomic mass is 32.1. The van der Waals surface area contributed by atoms with Crippen LogP contribution in [0, 0.1) is 0 Å². The molecule has 164 valence electrons. The number of pyridine rings is 1. The number of benzene rings is 1. The van der Waals surface area contributed by atoms with E-state index < -0.39 is 6.10 Å². The predicted octanol–water partition coefficient (Wildman–Crippen LogP) is 4.32. The fourth-order valence-electron chi connectivity index (χ4n) is 4.38. The van der Waals surface area contributed by atoms with Gasteiger partial charge < -0.3 is 10.4 Å². The van der Waals surface area contributed by atoms with Crippen LogP contribution in [0.5, 0.6) is 0 Å². The third-order valence-electron chi connectivity index (χ3n) is 6.12. The Morgan fingerprint density at radius 3 is 2.75 bits per heavy atom. The van der Waals surface area contributed by atoms with Gasteiger partial charge in [-0.25, -0.2) is 4.98 Å². The number of aliphatic hydroxyl groups is 1. The van der Waals surface area contributed by atoms with Crippen molar-refractivity contribution in [3.63, 3.8) is 0 Å². The van der Waals surface area contributed by atoms with Crippen molar-refractivity contribution in [2.24, 2.45) is 7.05 Å². The monoisotopic (exact) mass is 446 g/mol. The highest BCUT2D eigenvalue weighted by Crippen LogP contribution is 2.28. The van der Waals surface area contributed by atoms with Crippen LogP contribution in [0.3, 0.4) is 0 Å². The molecule has 0 spiro atoms. The Balaban J connectivity index is 1.39. The minimum Gasteiger partial charge on any atom is -0.391 e. The number of aliphatic hydroxyl groups excluding tert-OH is 1. The molecule has 2 atom stereocenters. The van der Waals surface area contributed by atoms with Crippen LogP contribution in [0.15, 0.2) is 54.0 Å². The van der Waals surface area contributed by atoms with Gasteiger partial charge in [0.25, 0.3) is 5.91 Å². The lowest BCUT2D eigenvalue weighted by molar-refractivity contribution is 0.0714. The van der Waals surface area contributed by atoms with Crippen molar-refractivity contribution < 1.29 is 9.90 Å². The van der Waals surface area contributed by atoms with Gasteiger partial charge in [-0.2, -0.15) is 5.10 Å². The van der Waals surface area contributed by atoms with E-state index in [1.165, 1.54) is 5.56 Å². The van der Waals surface area contributed by atoms with Crippen LogP contribution in [0.2, 0.25) is 0 Å². The molecule has 3 aromatic heterocycles. The molecule has 0 unspecified atom stereocenters. The molecule has 1 aliphatic rings. The number of nitrogens with one attached hydrogen (secondary N) is 1. The molecule has 1 aromatic carbocycles. The highest BCUT2D eigenvalue weighted by Gasteiger charge is 2.25. The second-order valence-corrected chi connectivity index (χ2v) is 9.40. The summed E-state index contributed by atoms with van der Waals surface area (Å²) in [5.74, 6) is -0.212. The van der Waals surface area contributed by atoms with Gasteiger partial charge in [0.2, 0.25) is 0 Å². The fourth-order valence-corrected chi connectivity index (χ4v) is 5.23. The number of rotatable bonds is 5. The average Bonchev–Trinajstić information content (AvgIpc) is 3.45. The number of thiophene rings is 1. The van der Waals surface area contributed by atoms with Gasteiger partial charge in [0.1, 0.15) is 5.69 Å². The van der Waals surface area contributed by atoms with Gasteiger partial charge in [0.05, 0.1) is 28.1 Å². The summed E-state index contributed by atoms with van der Waals surface area (Å²) in [6.07, 6.45) is 5.76. The second kappa shape index (κ2) is 8.84. The summed E-state index contributed by atoms with van der Waals surface area (Å²) in [6.45, 7) is 0. The van der Waals surface area contributed by atoms with E-state index >= 15 is 0 Å². The molecule has 1 saturated carbocycles. The molecular weight excluding hydrogens is 420 g/mol. The molecule has 0 saturated heterocycles. The number of carbonyl (C=O) groups excluding carboxylic acids is 1. The average molecular weight is 447 g/mol. The van der Waals surface area contributed by atoms with E-state index in [1.807, 2.05) is 36.8 Å². The van der Waals surface area contributed by atoms with Crippen molar-refractivity contribution in [1.29, 1.82) is 0 Å². The molecule has 32 heavy (non-hydrogen) atoms. The third kappa shape index (κ3) is 4.31. The standard InChI is InChI=1S/C25H26N4O2S/c1-29-12-10-19(28-29)17-8-6-16(7-9-17)14-18-15-22(26-21-11-13-32-24(18)21)25(31)27-20-4-2-3-5-23(20)30/h6-13,15,20,23,30H,2-5,14H2,1H3,(H,27,31)/t20-,23-/m0/s1. The normalized spacial score (nSPS) is 18.7. The van der Waals surface area contributed by atoms with Crippen molar-refractivity contribution in [2.75, 3.05) is 0 Å². The first-order valence-electron chi connectivity index (χ1n) is 11.0. The predicted molar refractivity (Wildman–Crippen MR) is 127 cm³/mol. The Hall–Kier alpha value is -3.03. The smallest absolute Gasteiger partial charge is 0.270 e. The van der Waals surface area contributed by atoms with Crippen LogP contribution < -0.4 is 5.32 Å². The van der Waals surface area contributed by atoms with Gasteiger partial charge >= 0.3 is 0 Å². The van der Waals surface area contributed by atoms with Crippen molar-refractivity contribution in [3.05, 3.63) is 70.9 Å². The molecule has 7 heteroatoms. The summed E-state index contributed by atoms with van der Waals surface area (Å²) >= 11 is 1.65. The van der Waals surface area contributed by atoms with Crippen LogP contribution >= 0.6 is 11.3 Å². The van der Waals surface area contributed by atoms with E-state index in [0.717, 1.165) is 52.7 Å². The van der Waals surface area contributed by atoms with Crippen molar-refractivity contribution in [3.8, 4) is 11.3 Å². The largest absolute Gasteiger partial charge is 0.391 e. The summed E-state index contributed by atoms with van der Waals surface area (Å²) in [6, 6.07) is 14.1. The lowest BCUT2D eigenvalue weighted by Crippen LogP contribution is -2.45. The zero-order chi connectivity index (χ0) is 22.1. The molecule has 2 N–H and O–H groups in total. The molecule has 0 aliphatic heterocycles. The van der Waals surface area contributed by atoms with Gasteiger partial charge in [-0.3, -0.25) is 9.48 Å². The maximum atomic E-state index is 12.9. The lowest BCUT2D eigenvalue weighted by atomic mass is 9.92. The molecule has 0 radical (unpaired) electrons. The molecular formula is C25H26N4O2S. The Morgan fingerprint density at radius 1 is 1.19 bits per heavy atom. The van der Waals surface area contributed by atoms with Gasteiger partial charge in [0, 0.05) is 18.8 Å². The minimum atomic E-state index is -0.477. The zero-order valence-electron chi connectivity index (χ0n) is 18.0. The number of amides is 1. The van der Waals surface area contributed by atoms with E-state index in [0.29, 0.717) is 12.1 Å². The summed E-state index contributed by atoms with van der Waals surface area (Å²) in [5, 5.41) is 19.7. The molecule has 3 heterocycles. The van der Waals surface area contributed by atoms with Crippen molar-refractivity contribution in [1.82, 2.24) is 20.1 Å². The topological polar surface area (TPSA) is 80.0 Å². The van der Waals surface area contributed by atoms with E-state index in [2.05, 4.69) is 39.7 Å². The molecule has 4 aromatic rings. The summed E-state index contributed by atoms with van der Waals surface area (Å²) in [5.41, 5.74) is 5.54. The van der Waals surface area contributed by atoms with Crippen LogP contribution in [0.1, 0.15) is 47.3 Å². The van der Waals surface area contributed by atoms with E-state index in [-0.39, 0.29) is 11.9 Å². The first-order valence-corrected chi connectivity index (χ1v) is 11.9. The van der Waals surface area contributed by atoms with Crippen LogP contribution in [-0.2, 0) is 13.5 Å². The number of fused-ring (bicyclic) bond motifs is 1. The number of aromatic nitrogens is 3. The van der Waals surface area contributed by atoms with Gasteiger partial charge in [-0.05, 0) is 54.0 Å². The molecule has 5 rings (SSSR count). The maximum absolute atomic E-state index is 12.9. The third-order valence-corrected chi connectivity index (χ3v) is 7.10. The SMILES string of the molecule is Cn1ccc(-c2ccc(Cc3cc(C(=O)N[C@H]4CCCC[C@@H]4O)nc4ccsc34)cc2)n1. The van der Waals surface area contributed by atoms with Gasteiger partial charge in [-0.15, -0.1) is 11.3 Å². The van der Waals surface area contributed by atoms with Crippen molar-refractivity contribution in [2.45, 2.75) is 44.2 Å². The Labute approximate surface area is 190 Å². The minimum absolute atomic E-state index is 0.196. The van der Waals surface area contributed by atoms with Crippen LogP contribution in [0.25, 0.3) is 21.5 Å². The summed E-state index contributed by atoms with van der Waals surface area (Å²) in [7, 11) is 1.91. The van der Waals surface area contributed by atoms with E-state index in [4.69, 9.17) is 0 Å². The van der Waals surface area contributed by atoms with Crippen LogP contribution in [0.4, 0.5) is 0 Å². The van der Waals surface area contributed by atoms with Crippen molar-refractivity contribution >= 4 is 27.5 Å². The summed E-state index contributed by atoms with van der Waals surface area (Å²) in [4.78, 5) is 17.5. The Morgan fingerprint density at radius 2 is 2.00 bits per heavy atom. The Kier molecular flexibility index (Phi) is 5.76. The highest BCUT2D eigenvalue weighted by molar-refractivity contribution is 7.17. The quantitative estimate of drug-likeness (QED) is 0.478. The molecule has 1 aliphatic carbocycles. The van der Waals surface area contributed by atoms with Gasteiger partial charge in [0.15, 0.2) is 0 Å².